The fraction of sp³-hybridized carbons (Fsp3) is 0.333. The average molecular weight is 339 g/mol. The van der Waals surface area contributed by atoms with Crippen LogP contribution < -0.4 is 10.2 Å². The summed E-state index contributed by atoms with van der Waals surface area (Å²) in [5.41, 5.74) is 2.52. The van der Waals surface area contributed by atoms with E-state index in [9.17, 15) is 0 Å². The van der Waals surface area contributed by atoms with Gasteiger partial charge in [-0.15, -0.1) is 11.3 Å². The molecule has 2 aromatic rings. The van der Waals surface area contributed by atoms with E-state index in [-0.39, 0.29) is 0 Å². The molecule has 102 valence electrons. The molecule has 2 rings (SSSR count). The van der Waals surface area contributed by atoms with Crippen LogP contribution in [-0.4, -0.2) is 14.1 Å². The monoisotopic (exact) mass is 338 g/mol. The van der Waals surface area contributed by atoms with Gasteiger partial charge in [-0.3, -0.25) is 0 Å². The highest BCUT2D eigenvalue weighted by Crippen LogP contribution is 2.30. The van der Waals surface area contributed by atoms with Crippen LogP contribution in [0.2, 0.25) is 0 Å². The van der Waals surface area contributed by atoms with Crippen LogP contribution in [0.4, 0.5) is 5.69 Å². The fourth-order valence-corrected chi connectivity index (χ4v) is 3.45. The Morgan fingerprint density at radius 3 is 2.74 bits per heavy atom. The van der Waals surface area contributed by atoms with Crippen LogP contribution in [0, 0.1) is 0 Å². The molecule has 0 aliphatic rings. The Morgan fingerprint density at radius 1 is 1.37 bits per heavy atom. The summed E-state index contributed by atoms with van der Waals surface area (Å²) in [5, 5.41) is 5.38. The maximum absolute atomic E-state index is 3.68. The molecule has 1 unspecified atom stereocenters. The van der Waals surface area contributed by atoms with Gasteiger partial charge in [-0.2, -0.15) is 0 Å². The van der Waals surface area contributed by atoms with Gasteiger partial charge in [0.2, 0.25) is 0 Å². The quantitative estimate of drug-likeness (QED) is 0.867. The van der Waals surface area contributed by atoms with Crippen LogP contribution in [0.1, 0.15) is 23.4 Å². The second kappa shape index (κ2) is 6.55. The van der Waals surface area contributed by atoms with Crippen molar-refractivity contribution in [2.24, 2.45) is 0 Å². The van der Waals surface area contributed by atoms with Crippen LogP contribution in [0.15, 0.2) is 40.2 Å². The first kappa shape index (κ1) is 14.6. The molecule has 1 N–H and O–H groups in total. The maximum atomic E-state index is 3.68. The summed E-state index contributed by atoms with van der Waals surface area (Å²) < 4.78 is 1.14. The van der Waals surface area contributed by atoms with E-state index in [0.29, 0.717) is 6.04 Å². The Labute approximate surface area is 127 Å². The molecule has 0 spiro atoms. The highest BCUT2D eigenvalue weighted by molar-refractivity contribution is 9.10. The Bertz CT molecular complexity index is 525. The number of halogens is 1. The van der Waals surface area contributed by atoms with E-state index in [2.05, 4.69) is 75.8 Å². The number of thiophene rings is 1. The van der Waals surface area contributed by atoms with Crippen LogP contribution >= 0.6 is 27.3 Å². The highest BCUT2D eigenvalue weighted by atomic mass is 79.9. The molecule has 1 aromatic heterocycles. The molecule has 0 saturated carbocycles. The lowest BCUT2D eigenvalue weighted by Crippen LogP contribution is -2.17. The lowest BCUT2D eigenvalue weighted by atomic mass is 10.1. The van der Waals surface area contributed by atoms with Crippen molar-refractivity contribution in [1.29, 1.82) is 0 Å². The Kier molecular flexibility index (Phi) is 5.02. The number of nitrogens with one attached hydrogen (secondary N) is 1. The second-order valence-electron chi connectivity index (χ2n) is 4.66. The first-order valence-electron chi connectivity index (χ1n) is 6.32. The number of hydrogen-bond donors (Lipinski definition) is 1. The van der Waals surface area contributed by atoms with Crippen molar-refractivity contribution in [2.75, 3.05) is 19.0 Å². The normalized spacial score (nSPS) is 12.4. The summed E-state index contributed by atoms with van der Waals surface area (Å²) in [4.78, 5) is 3.64. The van der Waals surface area contributed by atoms with Crippen LogP contribution in [0.3, 0.4) is 0 Å². The lowest BCUT2D eigenvalue weighted by molar-refractivity contribution is 0.652. The number of nitrogens with zero attached hydrogens (tertiary/aromatic N) is 1. The molecule has 1 atom stereocenters. The number of benzene rings is 1. The number of hydrogen-bond acceptors (Lipinski definition) is 3. The standard InChI is InChI=1S/C15H19BrN2S/c1-11(17-2)12-6-7-15(14(16)9-12)18(3)10-13-5-4-8-19-13/h4-9,11,17H,10H2,1-3H3. The first-order valence-corrected chi connectivity index (χ1v) is 7.99. The predicted molar refractivity (Wildman–Crippen MR) is 88.0 cm³/mol. The highest BCUT2D eigenvalue weighted by Gasteiger charge is 2.10. The van der Waals surface area contributed by atoms with Crippen molar-refractivity contribution < 1.29 is 0 Å². The summed E-state index contributed by atoms with van der Waals surface area (Å²) >= 11 is 5.48. The van der Waals surface area contributed by atoms with Crippen molar-refractivity contribution in [3.63, 3.8) is 0 Å². The van der Waals surface area contributed by atoms with Crippen molar-refractivity contribution in [3.05, 3.63) is 50.6 Å². The van der Waals surface area contributed by atoms with Gasteiger partial charge in [0.15, 0.2) is 0 Å². The number of anilines is 1. The van der Waals surface area contributed by atoms with Crippen LogP contribution in [0.5, 0.6) is 0 Å². The van der Waals surface area contributed by atoms with Crippen molar-refractivity contribution >= 4 is 33.0 Å². The zero-order chi connectivity index (χ0) is 13.8. The van der Waals surface area contributed by atoms with Crippen LogP contribution in [-0.2, 0) is 6.54 Å². The SMILES string of the molecule is CNC(C)c1ccc(N(C)Cc2cccs2)c(Br)c1. The van der Waals surface area contributed by atoms with Gasteiger partial charge in [-0.25, -0.2) is 0 Å². The Balaban J connectivity index is 2.16. The molecule has 4 heteroatoms. The molecule has 2 nitrogen and oxygen atoms in total. The van der Waals surface area contributed by atoms with Crippen LogP contribution in [0.25, 0.3) is 0 Å². The van der Waals surface area contributed by atoms with Gasteiger partial charge in [0.25, 0.3) is 0 Å². The summed E-state index contributed by atoms with van der Waals surface area (Å²) in [7, 11) is 4.11. The summed E-state index contributed by atoms with van der Waals surface area (Å²) in [6, 6.07) is 11.2. The van der Waals surface area contributed by atoms with Gasteiger partial charge in [-0.05, 0) is 59.0 Å². The van der Waals surface area contributed by atoms with Gasteiger partial charge < -0.3 is 10.2 Å². The molecule has 0 aliphatic carbocycles. The molecule has 1 aromatic carbocycles. The van der Waals surface area contributed by atoms with Gasteiger partial charge >= 0.3 is 0 Å². The number of rotatable bonds is 5. The minimum atomic E-state index is 0.368. The third kappa shape index (κ3) is 3.59. The molecular weight excluding hydrogens is 320 g/mol. The molecule has 0 amide bonds. The molecule has 1 heterocycles. The first-order chi connectivity index (χ1) is 9.11. The lowest BCUT2D eigenvalue weighted by Gasteiger charge is -2.21. The molecule has 0 aliphatic heterocycles. The van der Waals surface area contributed by atoms with Gasteiger partial charge in [0.05, 0.1) is 12.2 Å². The van der Waals surface area contributed by atoms with E-state index in [1.165, 1.54) is 16.1 Å². The van der Waals surface area contributed by atoms with Crippen molar-refractivity contribution in [2.45, 2.75) is 19.5 Å². The molecule has 0 bridgehead atoms. The topological polar surface area (TPSA) is 15.3 Å². The minimum Gasteiger partial charge on any atom is -0.369 e. The van der Waals surface area contributed by atoms with E-state index in [1.54, 1.807) is 11.3 Å². The van der Waals surface area contributed by atoms with E-state index in [1.807, 2.05) is 7.05 Å². The van der Waals surface area contributed by atoms with Crippen molar-refractivity contribution in [1.82, 2.24) is 5.32 Å². The van der Waals surface area contributed by atoms with Gasteiger partial charge in [0, 0.05) is 22.4 Å². The zero-order valence-electron chi connectivity index (χ0n) is 11.5. The van der Waals surface area contributed by atoms with E-state index in [0.717, 1.165) is 11.0 Å². The molecule has 0 fully saturated rings. The summed E-state index contributed by atoms with van der Waals surface area (Å²) in [6.45, 7) is 3.11. The van der Waals surface area contributed by atoms with E-state index in [4.69, 9.17) is 0 Å². The third-order valence-electron chi connectivity index (χ3n) is 3.29. The average Bonchev–Trinajstić information content (AvgIpc) is 2.90. The fourth-order valence-electron chi connectivity index (χ4n) is 1.99. The minimum absolute atomic E-state index is 0.368. The largest absolute Gasteiger partial charge is 0.369 e. The smallest absolute Gasteiger partial charge is 0.0519 e. The molecule has 0 radical (unpaired) electrons. The van der Waals surface area contributed by atoms with Gasteiger partial charge in [-0.1, -0.05) is 12.1 Å². The van der Waals surface area contributed by atoms with E-state index < -0.39 is 0 Å². The molecular formula is C15H19BrN2S. The van der Waals surface area contributed by atoms with Gasteiger partial charge in [0.1, 0.15) is 0 Å². The summed E-state index contributed by atoms with van der Waals surface area (Å²) in [5.74, 6) is 0. The van der Waals surface area contributed by atoms with Crippen molar-refractivity contribution in [3.8, 4) is 0 Å². The second-order valence-corrected chi connectivity index (χ2v) is 6.54. The third-order valence-corrected chi connectivity index (χ3v) is 4.79. The predicted octanol–water partition coefficient (Wildman–Crippen LogP) is 4.43. The molecule has 0 saturated heterocycles. The summed E-state index contributed by atoms with van der Waals surface area (Å²) in [6.07, 6.45) is 0. The van der Waals surface area contributed by atoms with E-state index >= 15 is 0 Å². The Hall–Kier alpha value is -0.840. The Morgan fingerprint density at radius 2 is 2.16 bits per heavy atom. The zero-order valence-corrected chi connectivity index (χ0v) is 13.9. The maximum Gasteiger partial charge on any atom is 0.0519 e. The molecule has 19 heavy (non-hydrogen) atoms.